The lowest BCUT2D eigenvalue weighted by Crippen LogP contribution is -2.24. The Kier molecular flexibility index (Phi) is 3.80. The number of hydrogen-bond acceptors (Lipinski definition) is 4. The average molecular weight is 349 g/mol. The van der Waals surface area contributed by atoms with Crippen molar-refractivity contribution in [2.24, 2.45) is 0 Å². The van der Waals surface area contributed by atoms with Crippen LogP contribution in [0.3, 0.4) is 0 Å². The molecule has 1 N–H and O–H groups in total. The molecule has 0 aliphatic heterocycles. The number of benzene rings is 1. The number of aryl methyl sites for hydroxylation is 1. The van der Waals surface area contributed by atoms with Gasteiger partial charge >= 0.3 is 5.97 Å². The third-order valence-corrected chi connectivity index (χ3v) is 4.99. The van der Waals surface area contributed by atoms with Crippen molar-refractivity contribution in [3.8, 4) is 16.9 Å². The topological polar surface area (TPSA) is 68.0 Å². The van der Waals surface area contributed by atoms with Gasteiger partial charge in [-0.25, -0.2) is 4.79 Å². The van der Waals surface area contributed by atoms with E-state index < -0.39 is 5.97 Å². The Morgan fingerprint density at radius 2 is 2.00 bits per heavy atom. The summed E-state index contributed by atoms with van der Waals surface area (Å²) in [6, 6.07) is 10.6. The molecule has 0 spiro atoms. The number of esters is 1. The van der Waals surface area contributed by atoms with Crippen LogP contribution in [0.15, 0.2) is 47.4 Å². The Balaban J connectivity index is 2.04. The van der Waals surface area contributed by atoms with E-state index in [2.05, 4.69) is 0 Å². The minimum absolute atomic E-state index is 0.0661. The predicted octanol–water partition coefficient (Wildman–Crippen LogP) is 3.64. The second-order valence-corrected chi connectivity index (χ2v) is 6.71. The molecule has 26 heavy (non-hydrogen) atoms. The number of ether oxygens (including phenoxy) is 1. The Morgan fingerprint density at radius 3 is 2.65 bits per heavy atom. The lowest BCUT2D eigenvalue weighted by Gasteiger charge is -2.15. The highest BCUT2D eigenvalue weighted by atomic mass is 16.5. The number of fused-ring (bicyclic) bond motifs is 1. The number of methoxy groups -OCH3 is 1. The molecule has 1 aromatic carbocycles. The van der Waals surface area contributed by atoms with Gasteiger partial charge < -0.3 is 9.84 Å². The third-order valence-electron chi connectivity index (χ3n) is 4.99. The van der Waals surface area contributed by atoms with E-state index in [0.29, 0.717) is 5.92 Å². The molecule has 0 bridgehead atoms. The highest BCUT2D eigenvalue weighted by Crippen LogP contribution is 2.43. The van der Waals surface area contributed by atoms with Crippen LogP contribution in [-0.2, 0) is 4.74 Å². The number of carbonyl (C=O) groups is 1. The van der Waals surface area contributed by atoms with Gasteiger partial charge in [0.1, 0.15) is 11.3 Å². The van der Waals surface area contributed by atoms with Crippen molar-refractivity contribution in [1.29, 1.82) is 0 Å². The summed E-state index contributed by atoms with van der Waals surface area (Å²) < 4.78 is 6.32. The number of pyridine rings is 2. The molecule has 0 radical (unpaired) electrons. The highest BCUT2D eigenvalue weighted by molar-refractivity contribution is 5.90. The molecule has 132 valence electrons. The van der Waals surface area contributed by atoms with Crippen molar-refractivity contribution in [2.45, 2.75) is 25.7 Å². The Morgan fingerprint density at radius 1 is 1.23 bits per heavy atom. The smallest absolute Gasteiger partial charge is 0.343 e. The molecule has 1 fully saturated rings. The number of phenolic OH excluding ortho intramolecular Hbond substituents is 1. The summed E-state index contributed by atoms with van der Waals surface area (Å²) in [7, 11) is 1.28. The molecule has 3 aromatic rings. The average Bonchev–Trinajstić information content (AvgIpc) is 3.47. The zero-order chi connectivity index (χ0) is 18.4. The highest BCUT2D eigenvalue weighted by Gasteiger charge is 2.29. The minimum Gasteiger partial charge on any atom is -0.508 e. The lowest BCUT2D eigenvalue weighted by molar-refractivity contribution is 0.0598. The van der Waals surface area contributed by atoms with Crippen LogP contribution in [-0.4, -0.2) is 22.6 Å². The van der Waals surface area contributed by atoms with Gasteiger partial charge in [0.15, 0.2) is 0 Å². The van der Waals surface area contributed by atoms with Crippen LogP contribution in [0, 0.1) is 6.92 Å². The molecule has 0 unspecified atom stereocenters. The molecule has 1 saturated carbocycles. The normalized spacial score (nSPS) is 13.8. The maximum atomic E-state index is 12.8. The van der Waals surface area contributed by atoms with Gasteiger partial charge in [-0.1, -0.05) is 12.1 Å². The van der Waals surface area contributed by atoms with Gasteiger partial charge in [-0.3, -0.25) is 9.20 Å². The van der Waals surface area contributed by atoms with E-state index in [-0.39, 0.29) is 16.9 Å². The lowest BCUT2D eigenvalue weighted by atomic mass is 9.96. The summed E-state index contributed by atoms with van der Waals surface area (Å²) in [5.41, 5.74) is 4.33. The first kappa shape index (κ1) is 16.4. The molecular formula is C21H19NO4. The fraction of sp³-hybridized carbons (Fsp3) is 0.238. The molecule has 0 amide bonds. The standard InChI is InChI=1S/C21H19NO4/c1-12-16(14-4-3-5-15(23)10-14)8-9-22-19(12)17(13-6-7-13)11-18(20(22)24)21(25)26-2/h3-5,8-11,13,23H,6-7H2,1-2H3. The van der Waals surface area contributed by atoms with Crippen molar-refractivity contribution in [3.63, 3.8) is 0 Å². The molecular weight excluding hydrogens is 330 g/mol. The van der Waals surface area contributed by atoms with E-state index in [0.717, 1.165) is 40.6 Å². The number of carbonyl (C=O) groups excluding carboxylic acids is 1. The fourth-order valence-electron chi connectivity index (χ4n) is 3.54. The first-order chi connectivity index (χ1) is 12.5. The Labute approximate surface area is 150 Å². The second kappa shape index (κ2) is 6.02. The molecule has 0 saturated heterocycles. The fourth-order valence-corrected chi connectivity index (χ4v) is 3.54. The molecule has 2 aromatic heterocycles. The van der Waals surface area contributed by atoms with Crippen LogP contribution < -0.4 is 5.56 Å². The zero-order valence-corrected chi connectivity index (χ0v) is 14.7. The van der Waals surface area contributed by atoms with Crippen LogP contribution in [0.5, 0.6) is 5.75 Å². The Hall–Kier alpha value is -3.08. The van der Waals surface area contributed by atoms with Crippen LogP contribution in [0.2, 0.25) is 0 Å². The number of rotatable bonds is 3. The minimum atomic E-state index is -0.610. The van der Waals surface area contributed by atoms with E-state index in [4.69, 9.17) is 4.74 Å². The van der Waals surface area contributed by atoms with Gasteiger partial charge in [0.25, 0.3) is 5.56 Å². The van der Waals surface area contributed by atoms with Crippen LogP contribution in [0.4, 0.5) is 0 Å². The first-order valence-corrected chi connectivity index (χ1v) is 8.58. The molecule has 0 atom stereocenters. The molecule has 5 heteroatoms. The Bertz CT molecular complexity index is 1090. The third kappa shape index (κ3) is 2.56. The van der Waals surface area contributed by atoms with Gasteiger partial charge in [-0.15, -0.1) is 0 Å². The molecule has 2 heterocycles. The van der Waals surface area contributed by atoms with Gasteiger partial charge in [0.2, 0.25) is 0 Å². The number of aromatic hydroxyl groups is 1. The van der Waals surface area contributed by atoms with Crippen LogP contribution in [0.25, 0.3) is 16.6 Å². The van der Waals surface area contributed by atoms with Gasteiger partial charge in [-0.2, -0.15) is 0 Å². The molecule has 1 aliphatic carbocycles. The van der Waals surface area contributed by atoms with Crippen molar-refractivity contribution in [2.75, 3.05) is 7.11 Å². The number of phenols is 1. The largest absolute Gasteiger partial charge is 0.508 e. The summed E-state index contributed by atoms with van der Waals surface area (Å²) >= 11 is 0. The monoisotopic (exact) mass is 349 g/mol. The maximum Gasteiger partial charge on any atom is 0.343 e. The predicted molar refractivity (Wildman–Crippen MR) is 98.8 cm³/mol. The summed E-state index contributed by atoms with van der Waals surface area (Å²) in [6.45, 7) is 1.97. The van der Waals surface area contributed by atoms with Gasteiger partial charge in [0, 0.05) is 6.20 Å². The van der Waals surface area contributed by atoms with Crippen LogP contribution >= 0.6 is 0 Å². The van der Waals surface area contributed by atoms with Crippen molar-refractivity contribution < 1.29 is 14.6 Å². The summed E-state index contributed by atoms with van der Waals surface area (Å²) in [6.07, 6.45) is 3.79. The van der Waals surface area contributed by atoms with E-state index >= 15 is 0 Å². The molecule has 1 aliphatic rings. The second-order valence-electron chi connectivity index (χ2n) is 6.71. The van der Waals surface area contributed by atoms with Gasteiger partial charge in [0.05, 0.1) is 12.6 Å². The summed E-state index contributed by atoms with van der Waals surface area (Å²) in [5.74, 6) is -0.0595. The van der Waals surface area contributed by atoms with E-state index in [1.165, 1.54) is 7.11 Å². The zero-order valence-electron chi connectivity index (χ0n) is 14.7. The number of hydrogen-bond donors (Lipinski definition) is 1. The molecule has 4 rings (SSSR count). The van der Waals surface area contributed by atoms with Crippen molar-refractivity contribution in [3.05, 3.63) is 69.6 Å². The van der Waals surface area contributed by atoms with Crippen molar-refractivity contribution >= 4 is 11.5 Å². The van der Waals surface area contributed by atoms with Gasteiger partial charge in [-0.05, 0) is 72.2 Å². The first-order valence-electron chi connectivity index (χ1n) is 8.58. The summed E-state index contributed by atoms with van der Waals surface area (Å²) in [4.78, 5) is 24.8. The van der Waals surface area contributed by atoms with E-state index in [1.807, 2.05) is 19.1 Å². The molecule has 5 nitrogen and oxygen atoms in total. The van der Waals surface area contributed by atoms with E-state index in [9.17, 15) is 14.7 Å². The number of aromatic nitrogens is 1. The quantitative estimate of drug-likeness (QED) is 0.733. The van der Waals surface area contributed by atoms with E-state index in [1.54, 1.807) is 34.9 Å². The van der Waals surface area contributed by atoms with Crippen molar-refractivity contribution in [1.82, 2.24) is 4.40 Å². The summed E-state index contributed by atoms with van der Waals surface area (Å²) in [5, 5.41) is 9.79. The number of nitrogens with zero attached hydrogens (tertiary/aromatic N) is 1. The maximum absolute atomic E-state index is 12.8. The van der Waals surface area contributed by atoms with Crippen LogP contribution in [0.1, 0.15) is 40.2 Å². The SMILES string of the molecule is COC(=O)c1cc(C2CC2)c2c(C)c(-c3cccc(O)c3)ccn2c1=O.